The van der Waals surface area contributed by atoms with Crippen molar-refractivity contribution < 1.29 is 4.92 Å². The average molecular weight is 291 g/mol. The molecule has 0 saturated heterocycles. The lowest BCUT2D eigenvalue weighted by molar-refractivity contribution is -0.384. The van der Waals surface area contributed by atoms with Crippen molar-refractivity contribution in [1.82, 2.24) is 4.98 Å². The van der Waals surface area contributed by atoms with Gasteiger partial charge in [-0.3, -0.25) is 10.1 Å². The summed E-state index contributed by atoms with van der Waals surface area (Å²) in [5.74, 6) is 0. The summed E-state index contributed by atoms with van der Waals surface area (Å²) in [6.07, 6.45) is 0. The van der Waals surface area contributed by atoms with Gasteiger partial charge >= 0.3 is 5.69 Å². The summed E-state index contributed by atoms with van der Waals surface area (Å²) in [5.41, 5.74) is 5.03. The van der Waals surface area contributed by atoms with Gasteiger partial charge in [0, 0.05) is 5.69 Å². The number of rotatable bonds is 2. The fraction of sp³-hybridized carbons (Fsp3) is 0.267. The first-order valence-electron chi connectivity index (χ1n) is 6.21. The van der Waals surface area contributed by atoms with E-state index >= 15 is 0 Å². The van der Waals surface area contributed by atoms with Crippen LogP contribution in [0.25, 0.3) is 11.1 Å². The van der Waals surface area contributed by atoms with E-state index in [2.05, 4.69) is 4.98 Å². The van der Waals surface area contributed by atoms with Crippen LogP contribution in [0.15, 0.2) is 18.2 Å². The fourth-order valence-corrected chi connectivity index (χ4v) is 2.90. The Morgan fingerprint density at radius 3 is 2.15 bits per heavy atom. The van der Waals surface area contributed by atoms with Gasteiger partial charge in [-0.15, -0.1) is 0 Å². The largest absolute Gasteiger partial charge is 0.314 e. The molecular formula is C15H15ClN2O2. The van der Waals surface area contributed by atoms with Gasteiger partial charge < -0.3 is 0 Å². The summed E-state index contributed by atoms with van der Waals surface area (Å²) in [7, 11) is 0. The lowest BCUT2D eigenvalue weighted by Crippen LogP contribution is -1.99. The molecule has 0 aliphatic carbocycles. The first kappa shape index (κ1) is 14.5. The second-order valence-corrected chi connectivity index (χ2v) is 5.34. The molecule has 0 radical (unpaired) electrons. The third kappa shape index (κ3) is 2.51. The van der Waals surface area contributed by atoms with Crippen LogP contribution in [0.5, 0.6) is 0 Å². The minimum absolute atomic E-state index is 0.0654. The summed E-state index contributed by atoms with van der Waals surface area (Å²) in [4.78, 5) is 14.8. The molecule has 2 rings (SSSR count). The lowest BCUT2D eigenvalue weighted by Gasteiger charge is -2.13. The number of nitro groups is 1. The van der Waals surface area contributed by atoms with Crippen LogP contribution >= 0.6 is 11.6 Å². The Kier molecular flexibility index (Phi) is 3.77. The van der Waals surface area contributed by atoms with Crippen molar-refractivity contribution in [2.24, 2.45) is 0 Å². The number of hydrogen-bond acceptors (Lipinski definition) is 3. The Morgan fingerprint density at radius 2 is 1.65 bits per heavy atom. The van der Waals surface area contributed by atoms with Gasteiger partial charge in [0.05, 0.1) is 10.5 Å². The summed E-state index contributed by atoms with van der Waals surface area (Å²) in [6.45, 7) is 7.67. The maximum absolute atomic E-state index is 11.3. The minimum atomic E-state index is -0.469. The molecule has 0 unspecified atom stereocenters. The van der Waals surface area contributed by atoms with E-state index in [0.717, 1.165) is 22.3 Å². The van der Waals surface area contributed by atoms with Gasteiger partial charge in [0.15, 0.2) is 0 Å². The van der Waals surface area contributed by atoms with Crippen molar-refractivity contribution >= 4 is 17.3 Å². The van der Waals surface area contributed by atoms with Gasteiger partial charge in [0.1, 0.15) is 0 Å². The zero-order valence-corrected chi connectivity index (χ0v) is 12.6. The van der Waals surface area contributed by atoms with Gasteiger partial charge in [-0.2, -0.15) is 0 Å². The molecule has 4 nitrogen and oxygen atoms in total. The molecule has 0 bridgehead atoms. The first-order valence-corrected chi connectivity index (χ1v) is 6.58. The summed E-state index contributed by atoms with van der Waals surface area (Å²) in [5, 5.41) is 11.2. The predicted molar refractivity (Wildman–Crippen MR) is 80.3 cm³/mol. The molecule has 0 N–H and O–H groups in total. The van der Waals surface area contributed by atoms with Crippen LogP contribution in [0.1, 0.15) is 22.4 Å². The summed E-state index contributed by atoms with van der Waals surface area (Å²) >= 11 is 5.96. The quantitative estimate of drug-likeness (QED) is 0.463. The topological polar surface area (TPSA) is 56.0 Å². The van der Waals surface area contributed by atoms with E-state index in [-0.39, 0.29) is 10.8 Å². The van der Waals surface area contributed by atoms with E-state index < -0.39 is 4.92 Å². The molecule has 0 aliphatic rings. The number of nitrogens with zero attached hydrogens (tertiary/aromatic N) is 2. The molecular weight excluding hydrogens is 276 g/mol. The van der Waals surface area contributed by atoms with E-state index in [0.29, 0.717) is 11.3 Å². The summed E-state index contributed by atoms with van der Waals surface area (Å²) < 4.78 is 0. The van der Waals surface area contributed by atoms with Crippen LogP contribution in [0.4, 0.5) is 5.69 Å². The van der Waals surface area contributed by atoms with Crippen LogP contribution in [0, 0.1) is 37.8 Å². The molecule has 1 aromatic carbocycles. The molecule has 2 aromatic rings. The Balaban J connectivity index is 2.86. The molecule has 0 spiro atoms. The molecule has 0 aliphatic heterocycles. The van der Waals surface area contributed by atoms with Crippen molar-refractivity contribution in [2.75, 3.05) is 0 Å². The van der Waals surface area contributed by atoms with Crippen molar-refractivity contribution in [3.63, 3.8) is 0 Å². The van der Waals surface area contributed by atoms with Crippen LogP contribution in [0.2, 0.25) is 5.15 Å². The second-order valence-electron chi connectivity index (χ2n) is 4.98. The first-order chi connectivity index (χ1) is 9.31. The van der Waals surface area contributed by atoms with E-state index in [1.54, 1.807) is 13.0 Å². The predicted octanol–water partition coefficient (Wildman–Crippen LogP) is 4.54. The fourth-order valence-electron chi connectivity index (χ4n) is 2.60. The van der Waals surface area contributed by atoms with Gasteiger partial charge in [0.25, 0.3) is 0 Å². The lowest BCUT2D eigenvalue weighted by atomic mass is 9.93. The van der Waals surface area contributed by atoms with Crippen LogP contribution in [-0.4, -0.2) is 9.91 Å². The van der Waals surface area contributed by atoms with E-state index in [9.17, 15) is 10.1 Å². The van der Waals surface area contributed by atoms with Gasteiger partial charge in [0.2, 0.25) is 5.15 Å². The third-order valence-corrected chi connectivity index (χ3v) is 3.47. The maximum atomic E-state index is 11.3. The Bertz CT molecular complexity index is 688. The van der Waals surface area contributed by atoms with Gasteiger partial charge in [-0.1, -0.05) is 29.3 Å². The smallest absolute Gasteiger partial charge is 0.258 e. The van der Waals surface area contributed by atoms with Gasteiger partial charge in [-0.05, 0) is 50.5 Å². The standard InChI is InChI=1S/C15H15ClN2O2/c1-8-5-9(2)13(10(3)6-8)12-7-11(4)17-15(16)14(12)18(19)20/h5-7H,1-4H3. The molecule has 0 saturated carbocycles. The summed E-state index contributed by atoms with van der Waals surface area (Å²) in [6, 6.07) is 5.74. The molecule has 104 valence electrons. The van der Waals surface area contributed by atoms with Crippen molar-refractivity contribution in [1.29, 1.82) is 0 Å². The minimum Gasteiger partial charge on any atom is -0.258 e. The number of benzene rings is 1. The number of halogens is 1. The molecule has 5 heteroatoms. The molecule has 20 heavy (non-hydrogen) atoms. The zero-order chi connectivity index (χ0) is 15.0. The maximum Gasteiger partial charge on any atom is 0.314 e. The Hall–Kier alpha value is -1.94. The molecule has 1 aromatic heterocycles. The third-order valence-electron chi connectivity index (χ3n) is 3.21. The highest BCUT2D eigenvalue weighted by atomic mass is 35.5. The van der Waals surface area contributed by atoms with Crippen LogP contribution in [-0.2, 0) is 0 Å². The Morgan fingerprint density at radius 1 is 1.10 bits per heavy atom. The highest BCUT2D eigenvalue weighted by molar-refractivity contribution is 6.32. The molecule has 1 heterocycles. The highest BCUT2D eigenvalue weighted by Crippen LogP contribution is 2.38. The highest BCUT2D eigenvalue weighted by Gasteiger charge is 2.24. The number of aryl methyl sites for hydroxylation is 4. The van der Waals surface area contributed by atoms with Crippen LogP contribution in [0.3, 0.4) is 0 Å². The normalized spacial score (nSPS) is 10.7. The number of pyridine rings is 1. The van der Waals surface area contributed by atoms with Crippen molar-refractivity contribution in [3.8, 4) is 11.1 Å². The van der Waals surface area contributed by atoms with Crippen molar-refractivity contribution in [3.05, 3.63) is 55.9 Å². The van der Waals surface area contributed by atoms with E-state index in [1.807, 2.05) is 32.9 Å². The SMILES string of the molecule is Cc1cc(C)c(-c2cc(C)nc(Cl)c2[N+](=O)[O-])c(C)c1. The van der Waals surface area contributed by atoms with E-state index in [4.69, 9.17) is 11.6 Å². The molecule has 0 fully saturated rings. The molecule has 0 amide bonds. The monoisotopic (exact) mass is 290 g/mol. The number of hydrogen-bond donors (Lipinski definition) is 0. The van der Waals surface area contributed by atoms with E-state index in [1.165, 1.54) is 0 Å². The zero-order valence-electron chi connectivity index (χ0n) is 11.8. The molecule has 0 atom stereocenters. The number of aromatic nitrogens is 1. The Labute approximate surface area is 122 Å². The van der Waals surface area contributed by atoms with Gasteiger partial charge in [-0.25, -0.2) is 4.98 Å². The average Bonchev–Trinajstić information content (AvgIpc) is 2.25. The van der Waals surface area contributed by atoms with Crippen molar-refractivity contribution in [2.45, 2.75) is 27.7 Å². The van der Waals surface area contributed by atoms with Crippen LogP contribution < -0.4 is 0 Å². The second kappa shape index (κ2) is 5.21.